The lowest BCUT2D eigenvalue weighted by molar-refractivity contribution is 0.706. The molecule has 2 aromatic carbocycles. The molecule has 3 rings (SSSR count). The van der Waals surface area contributed by atoms with E-state index in [1.807, 2.05) is 30.3 Å². The number of hydrogen-bond donors (Lipinski definition) is 1. The average molecular weight is 280 g/mol. The molecule has 0 aliphatic heterocycles. The van der Waals surface area contributed by atoms with E-state index >= 15 is 0 Å². The first kappa shape index (κ1) is 13.4. The minimum absolute atomic E-state index is 0. The van der Waals surface area contributed by atoms with Gasteiger partial charge in [0.2, 0.25) is 0 Å². The molecule has 2 aromatic rings. The Labute approximate surface area is 118 Å². The molecule has 1 aliphatic rings. The Morgan fingerprint density at radius 3 is 2.22 bits per heavy atom. The van der Waals surface area contributed by atoms with Crippen LogP contribution in [0.5, 0.6) is 0 Å². The van der Waals surface area contributed by atoms with Gasteiger partial charge in [-0.15, -0.1) is 12.4 Å². The zero-order valence-electron chi connectivity index (χ0n) is 9.84. The Bertz CT molecular complexity index is 524. The van der Waals surface area contributed by atoms with Gasteiger partial charge in [-0.2, -0.15) is 0 Å². The van der Waals surface area contributed by atoms with E-state index in [0.29, 0.717) is 5.92 Å². The third kappa shape index (κ3) is 2.26. The third-order valence-corrected chi connectivity index (χ3v) is 3.84. The van der Waals surface area contributed by atoms with Crippen LogP contribution in [0.15, 0.2) is 54.6 Å². The highest BCUT2D eigenvalue weighted by molar-refractivity contribution is 6.30. The molecule has 1 nitrogen and oxygen atoms in total. The Balaban J connectivity index is 0.00000120. The molecular weight excluding hydrogens is 265 g/mol. The fourth-order valence-electron chi connectivity index (χ4n) is 2.46. The Kier molecular flexibility index (Phi) is 3.67. The van der Waals surface area contributed by atoms with Crippen LogP contribution in [0.1, 0.15) is 23.5 Å². The quantitative estimate of drug-likeness (QED) is 0.880. The van der Waals surface area contributed by atoms with Crippen LogP contribution < -0.4 is 5.73 Å². The zero-order valence-corrected chi connectivity index (χ0v) is 11.4. The first-order valence-corrected chi connectivity index (χ1v) is 6.18. The first-order valence-electron chi connectivity index (χ1n) is 5.80. The molecule has 18 heavy (non-hydrogen) atoms. The smallest absolute Gasteiger partial charge is 0.0486 e. The van der Waals surface area contributed by atoms with E-state index in [-0.39, 0.29) is 17.9 Å². The lowest BCUT2D eigenvalue weighted by Crippen LogP contribution is -2.21. The van der Waals surface area contributed by atoms with Crippen molar-refractivity contribution in [1.29, 1.82) is 0 Å². The molecule has 1 saturated carbocycles. The minimum Gasteiger partial charge on any atom is -0.321 e. The SMILES string of the molecule is Cl.N[C@@]1(c2ccccc2)C[C@@H]1c1ccc(Cl)cc1. The molecule has 0 radical (unpaired) electrons. The summed E-state index contributed by atoms with van der Waals surface area (Å²) in [6.45, 7) is 0. The van der Waals surface area contributed by atoms with Gasteiger partial charge >= 0.3 is 0 Å². The molecule has 2 N–H and O–H groups in total. The van der Waals surface area contributed by atoms with Crippen molar-refractivity contribution in [1.82, 2.24) is 0 Å². The largest absolute Gasteiger partial charge is 0.321 e. The van der Waals surface area contributed by atoms with Crippen molar-refractivity contribution in [3.8, 4) is 0 Å². The summed E-state index contributed by atoms with van der Waals surface area (Å²) in [5.74, 6) is 0.419. The standard InChI is InChI=1S/C15H14ClN.ClH/c16-13-8-6-11(7-9-13)14-10-15(14,17)12-4-2-1-3-5-12;/h1-9,14H,10,17H2;1H/t14-,15-;/m1./s1. The van der Waals surface area contributed by atoms with E-state index < -0.39 is 0 Å². The monoisotopic (exact) mass is 279 g/mol. The molecule has 0 bridgehead atoms. The minimum atomic E-state index is -0.185. The highest BCUT2D eigenvalue weighted by atomic mass is 35.5. The van der Waals surface area contributed by atoms with Crippen LogP contribution in [0.25, 0.3) is 0 Å². The van der Waals surface area contributed by atoms with E-state index in [2.05, 4.69) is 24.3 Å². The third-order valence-electron chi connectivity index (χ3n) is 3.59. The summed E-state index contributed by atoms with van der Waals surface area (Å²) in [7, 11) is 0. The van der Waals surface area contributed by atoms with E-state index in [4.69, 9.17) is 17.3 Å². The second-order valence-corrected chi connectivity index (χ2v) is 5.15. The van der Waals surface area contributed by atoms with Crippen molar-refractivity contribution in [2.75, 3.05) is 0 Å². The fourth-order valence-corrected chi connectivity index (χ4v) is 2.58. The maximum Gasteiger partial charge on any atom is 0.0486 e. The molecule has 2 atom stereocenters. The Hall–Kier alpha value is -1.02. The predicted octanol–water partition coefficient (Wildman–Crippen LogP) is 4.10. The topological polar surface area (TPSA) is 26.0 Å². The van der Waals surface area contributed by atoms with Crippen LogP contribution in [-0.2, 0) is 5.54 Å². The van der Waals surface area contributed by atoms with Crippen molar-refractivity contribution in [3.63, 3.8) is 0 Å². The van der Waals surface area contributed by atoms with E-state index in [9.17, 15) is 0 Å². The highest BCUT2D eigenvalue weighted by Gasteiger charge is 2.52. The number of rotatable bonds is 2. The second kappa shape index (κ2) is 4.93. The van der Waals surface area contributed by atoms with Gasteiger partial charge in [-0.05, 0) is 29.7 Å². The summed E-state index contributed by atoms with van der Waals surface area (Å²) >= 11 is 5.89. The molecule has 0 saturated heterocycles. The van der Waals surface area contributed by atoms with Gasteiger partial charge in [0.15, 0.2) is 0 Å². The normalized spacial score (nSPS) is 25.3. The van der Waals surface area contributed by atoms with E-state index in [1.54, 1.807) is 0 Å². The van der Waals surface area contributed by atoms with Crippen LogP contribution in [0.4, 0.5) is 0 Å². The van der Waals surface area contributed by atoms with Crippen molar-refractivity contribution in [2.24, 2.45) is 5.73 Å². The molecule has 0 heterocycles. The van der Waals surface area contributed by atoms with Crippen molar-refractivity contribution >= 4 is 24.0 Å². The number of hydrogen-bond acceptors (Lipinski definition) is 1. The van der Waals surface area contributed by atoms with Gasteiger partial charge in [-0.25, -0.2) is 0 Å². The van der Waals surface area contributed by atoms with Crippen LogP contribution >= 0.6 is 24.0 Å². The number of halogens is 2. The van der Waals surface area contributed by atoms with Gasteiger partial charge in [0, 0.05) is 16.5 Å². The molecule has 0 aromatic heterocycles. The lowest BCUT2D eigenvalue weighted by Gasteiger charge is -2.12. The van der Waals surface area contributed by atoms with Crippen LogP contribution in [0, 0.1) is 0 Å². The fraction of sp³-hybridized carbons (Fsp3) is 0.200. The summed E-state index contributed by atoms with van der Waals surface area (Å²) < 4.78 is 0. The van der Waals surface area contributed by atoms with Gasteiger partial charge in [0.25, 0.3) is 0 Å². The lowest BCUT2D eigenvalue weighted by atomic mass is 10.00. The Morgan fingerprint density at radius 2 is 1.61 bits per heavy atom. The summed E-state index contributed by atoms with van der Waals surface area (Å²) in [6, 6.07) is 18.3. The van der Waals surface area contributed by atoms with Gasteiger partial charge < -0.3 is 5.73 Å². The highest BCUT2D eigenvalue weighted by Crippen LogP contribution is 2.56. The molecule has 0 amide bonds. The van der Waals surface area contributed by atoms with Gasteiger partial charge in [0.1, 0.15) is 0 Å². The number of benzene rings is 2. The van der Waals surface area contributed by atoms with Crippen molar-refractivity contribution in [2.45, 2.75) is 17.9 Å². The van der Waals surface area contributed by atoms with E-state index in [0.717, 1.165) is 11.4 Å². The summed E-state index contributed by atoms with van der Waals surface area (Å²) in [5, 5.41) is 0.775. The Morgan fingerprint density at radius 1 is 1.00 bits per heavy atom. The van der Waals surface area contributed by atoms with Crippen molar-refractivity contribution < 1.29 is 0 Å². The first-order chi connectivity index (χ1) is 8.20. The summed E-state index contributed by atoms with van der Waals surface area (Å²) in [5.41, 5.74) is 8.76. The number of nitrogens with two attached hydrogens (primary N) is 1. The van der Waals surface area contributed by atoms with E-state index in [1.165, 1.54) is 11.1 Å². The molecule has 94 valence electrons. The molecule has 1 fully saturated rings. The van der Waals surface area contributed by atoms with Gasteiger partial charge in [-0.3, -0.25) is 0 Å². The van der Waals surface area contributed by atoms with Crippen LogP contribution in [0.3, 0.4) is 0 Å². The average Bonchev–Trinajstić information content (AvgIpc) is 3.05. The van der Waals surface area contributed by atoms with Crippen molar-refractivity contribution in [3.05, 3.63) is 70.7 Å². The maximum absolute atomic E-state index is 6.45. The molecule has 3 heteroatoms. The zero-order chi connectivity index (χ0) is 11.9. The molecule has 0 spiro atoms. The summed E-state index contributed by atoms with van der Waals surface area (Å²) in [6.07, 6.45) is 1.01. The molecule has 0 unspecified atom stereocenters. The molecule has 1 aliphatic carbocycles. The maximum atomic E-state index is 6.45. The predicted molar refractivity (Wildman–Crippen MR) is 78.4 cm³/mol. The second-order valence-electron chi connectivity index (χ2n) is 4.71. The van der Waals surface area contributed by atoms with Crippen LogP contribution in [-0.4, -0.2) is 0 Å². The van der Waals surface area contributed by atoms with Crippen LogP contribution in [0.2, 0.25) is 5.02 Å². The van der Waals surface area contributed by atoms with Gasteiger partial charge in [0.05, 0.1) is 0 Å². The van der Waals surface area contributed by atoms with Gasteiger partial charge in [-0.1, -0.05) is 54.1 Å². The summed E-state index contributed by atoms with van der Waals surface area (Å²) in [4.78, 5) is 0. The molecular formula is C15H15Cl2N.